The zero-order chi connectivity index (χ0) is 11.8. The molecule has 3 rings (SSSR count). The van der Waals surface area contributed by atoms with Crippen molar-refractivity contribution in [1.29, 1.82) is 0 Å². The van der Waals surface area contributed by atoms with E-state index >= 15 is 0 Å². The molecule has 1 N–H and O–H groups in total. The summed E-state index contributed by atoms with van der Waals surface area (Å²) in [7, 11) is 0. The van der Waals surface area contributed by atoms with Gasteiger partial charge in [0.2, 0.25) is 0 Å². The summed E-state index contributed by atoms with van der Waals surface area (Å²) < 4.78 is 0. The van der Waals surface area contributed by atoms with E-state index in [1.807, 2.05) is 12.1 Å². The van der Waals surface area contributed by atoms with Crippen molar-refractivity contribution in [2.24, 2.45) is 0 Å². The average Bonchev–Trinajstić information content (AvgIpc) is 2.67. The molecule has 2 heterocycles. The lowest BCUT2D eigenvalue weighted by Gasteiger charge is -1.90. The van der Waals surface area contributed by atoms with E-state index in [1.165, 1.54) is 12.4 Å². The molecule has 3 aromatic rings. The molecular formula is C11H6N4O2. The molecular weight excluding hydrogens is 220 g/mol. The Hall–Kier alpha value is -2.63. The standard InChI is InChI=1S/C11H6N4O2/c16-11(17)8-4-2-6-1-3-7-10(13-5-12-7)9(6)15-14-8/h1-5H,(H,16,17). The topological polar surface area (TPSA) is 88.9 Å². The molecule has 0 spiro atoms. The second-order valence-electron chi connectivity index (χ2n) is 3.47. The van der Waals surface area contributed by atoms with Crippen LogP contribution in [0.5, 0.6) is 0 Å². The minimum atomic E-state index is -1.11. The fourth-order valence-corrected chi connectivity index (χ4v) is 1.62. The molecule has 6 nitrogen and oxygen atoms in total. The van der Waals surface area contributed by atoms with Crippen molar-refractivity contribution in [2.45, 2.75) is 0 Å². The van der Waals surface area contributed by atoms with Crippen LogP contribution in [0.3, 0.4) is 0 Å². The predicted molar refractivity (Wildman–Crippen MR) is 59.6 cm³/mol. The van der Waals surface area contributed by atoms with Gasteiger partial charge in [0.1, 0.15) is 17.4 Å². The molecule has 0 bridgehead atoms. The van der Waals surface area contributed by atoms with E-state index in [0.29, 0.717) is 11.0 Å². The molecule has 6 heteroatoms. The molecule has 0 radical (unpaired) electrons. The largest absolute Gasteiger partial charge is 0.476 e. The first-order chi connectivity index (χ1) is 8.25. The molecule has 1 aromatic carbocycles. The first-order valence-corrected chi connectivity index (χ1v) is 4.86. The maximum atomic E-state index is 10.8. The number of carboxylic acids is 1. The highest BCUT2D eigenvalue weighted by Gasteiger charge is 2.07. The van der Waals surface area contributed by atoms with Gasteiger partial charge in [0.25, 0.3) is 0 Å². The molecule has 0 aliphatic heterocycles. The summed E-state index contributed by atoms with van der Waals surface area (Å²) in [6.07, 6.45) is 1.44. The maximum Gasteiger partial charge on any atom is 0.356 e. The molecule has 0 unspecified atom stereocenters. The number of carboxylic acid groups (broad SMARTS) is 1. The zero-order valence-electron chi connectivity index (χ0n) is 8.53. The summed E-state index contributed by atoms with van der Waals surface area (Å²) in [5, 5.41) is 17.2. The number of carbonyl (C=O) groups is 1. The molecule has 0 atom stereocenters. The first kappa shape index (κ1) is 9.59. The zero-order valence-corrected chi connectivity index (χ0v) is 8.53. The third-order valence-corrected chi connectivity index (χ3v) is 2.44. The Morgan fingerprint density at radius 3 is 2.65 bits per heavy atom. The molecule has 2 aromatic heterocycles. The van der Waals surface area contributed by atoms with E-state index in [9.17, 15) is 4.79 Å². The summed E-state index contributed by atoms with van der Waals surface area (Å²) in [5.41, 5.74) is 1.79. The number of nitrogens with zero attached hydrogens (tertiary/aromatic N) is 4. The van der Waals surface area contributed by atoms with Crippen molar-refractivity contribution in [2.75, 3.05) is 0 Å². The number of imidazole rings is 1. The smallest absolute Gasteiger partial charge is 0.356 e. The molecule has 17 heavy (non-hydrogen) atoms. The van der Waals surface area contributed by atoms with Crippen LogP contribution in [0.4, 0.5) is 0 Å². The summed E-state index contributed by atoms with van der Waals surface area (Å²) in [4.78, 5) is 18.9. The number of benzene rings is 1. The van der Waals surface area contributed by atoms with E-state index in [4.69, 9.17) is 5.11 Å². The monoisotopic (exact) mass is 226 g/mol. The van der Waals surface area contributed by atoms with Gasteiger partial charge in [-0.15, -0.1) is 10.2 Å². The molecule has 0 saturated heterocycles. The quantitative estimate of drug-likeness (QED) is 0.672. The van der Waals surface area contributed by atoms with Crippen molar-refractivity contribution in [3.05, 3.63) is 36.3 Å². The van der Waals surface area contributed by atoms with Crippen LogP contribution >= 0.6 is 0 Å². The second kappa shape index (κ2) is 3.44. The van der Waals surface area contributed by atoms with E-state index in [1.54, 1.807) is 6.07 Å². The number of hydrogen-bond acceptors (Lipinski definition) is 5. The van der Waals surface area contributed by atoms with Crippen LogP contribution in [0.25, 0.3) is 21.9 Å². The van der Waals surface area contributed by atoms with Gasteiger partial charge in [-0.1, -0.05) is 12.1 Å². The van der Waals surface area contributed by atoms with Crippen LogP contribution in [0.1, 0.15) is 10.5 Å². The van der Waals surface area contributed by atoms with Crippen LogP contribution in [0, 0.1) is 0 Å². The van der Waals surface area contributed by atoms with Gasteiger partial charge in [-0.3, -0.25) is 0 Å². The van der Waals surface area contributed by atoms with E-state index < -0.39 is 5.97 Å². The predicted octanol–water partition coefficient (Wildman–Crippen LogP) is 1.27. The Labute approximate surface area is 95.0 Å². The van der Waals surface area contributed by atoms with E-state index in [2.05, 4.69) is 20.2 Å². The lowest BCUT2D eigenvalue weighted by Crippen LogP contribution is -1.97. The highest BCUT2D eigenvalue weighted by atomic mass is 16.4. The summed E-state index contributed by atoms with van der Waals surface area (Å²) >= 11 is 0. The van der Waals surface area contributed by atoms with Crippen molar-refractivity contribution in [1.82, 2.24) is 20.2 Å². The second-order valence-corrected chi connectivity index (χ2v) is 3.47. The van der Waals surface area contributed by atoms with Gasteiger partial charge in [0.15, 0.2) is 5.69 Å². The van der Waals surface area contributed by atoms with E-state index in [0.717, 1.165) is 10.9 Å². The third-order valence-electron chi connectivity index (χ3n) is 2.44. The number of hydrogen-bond donors (Lipinski definition) is 1. The van der Waals surface area contributed by atoms with Crippen LogP contribution in [-0.2, 0) is 0 Å². The minimum absolute atomic E-state index is 0.103. The van der Waals surface area contributed by atoms with Gasteiger partial charge in [-0.05, 0) is 12.1 Å². The van der Waals surface area contributed by atoms with Gasteiger partial charge < -0.3 is 5.11 Å². The summed E-state index contributed by atoms with van der Waals surface area (Å²) in [6, 6.07) is 6.70. The number of rotatable bonds is 1. The van der Waals surface area contributed by atoms with Crippen LogP contribution in [0.2, 0.25) is 0 Å². The summed E-state index contributed by atoms with van der Waals surface area (Å²) in [5.74, 6) is -1.11. The fourth-order valence-electron chi connectivity index (χ4n) is 1.62. The molecule has 0 aliphatic carbocycles. The average molecular weight is 226 g/mol. The Bertz CT molecular complexity index is 742. The van der Waals surface area contributed by atoms with Gasteiger partial charge in [0.05, 0.1) is 5.52 Å². The molecule has 82 valence electrons. The molecule has 0 amide bonds. The van der Waals surface area contributed by atoms with Crippen LogP contribution in [0.15, 0.2) is 30.6 Å². The number of fused-ring (bicyclic) bond motifs is 3. The molecule has 0 aliphatic rings. The van der Waals surface area contributed by atoms with Crippen molar-refractivity contribution in [3.8, 4) is 0 Å². The van der Waals surface area contributed by atoms with Crippen LogP contribution < -0.4 is 0 Å². The van der Waals surface area contributed by atoms with Crippen molar-refractivity contribution in [3.63, 3.8) is 0 Å². The first-order valence-electron chi connectivity index (χ1n) is 4.86. The SMILES string of the molecule is O=C(O)c1ccc2ccc3ncnc3c2nn1. The Balaban J connectivity index is 2.44. The normalized spacial score (nSPS) is 10.8. The third kappa shape index (κ3) is 1.46. The Morgan fingerprint density at radius 2 is 1.82 bits per heavy atom. The minimum Gasteiger partial charge on any atom is -0.476 e. The Kier molecular flexibility index (Phi) is 1.94. The number of aromatic nitrogens is 4. The van der Waals surface area contributed by atoms with E-state index in [-0.39, 0.29) is 5.69 Å². The van der Waals surface area contributed by atoms with Gasteiger partial charge in [-0.2, -0.15) is 0 Å². The lowest BCUT2D eigenvalue weighted by atomic mass is 10.2. The number of aromatic carboxylic acids is 1. The van der Waals surface area contributed by atoms with Gasteiger partial charge in [-0.25, -0.2) is 14.8 Å². The summed E-state index contributed by atoms with van der Waals surface area (Å²) in [6.45, 7) is 0. The molecule has 0 saturated carbocycles. The lowest BCUT2D eigenvalue weighted by molar-refractivity contribution is 0.0689. The van der Waals surface area contributed by atoms with Crippen molar-refractivity contribution < 1.29 is 9.90 Å². The van der Waals surface area contributed by atoms with Gasteiger partial charge >= 0.3 is 5.97 Å². The fraction of sp³-hybridized carbons (Fsp3) is 0. The Morgan fingerprint density at radius 1 is 1.00 bits per heavy atom. The highest BCUT2D eigenvalue weighted by Crippen LogP contribution is 2.19. The maximum absolute atomic E-state index is 10.8. The van der Waals surface area contributed by atoms with Crippen LogP contribution in [-0.4, -0.2) is 31.2 Å². The highest BCUT2D eigenvalue weighted by molar-refractivity contribution is 6.01. The van der Waals surface area contributed by atoms with Crippen molar-refractivity contribution >= 4 is 27.9 Å². The van der Waals surface area contributed by atoms with Gasteiger partial charge in [0, 0.05) is 5.39 Å². The molecule has 0 fully saturated rings.